The van der Waals surface area contributed by atoms with Crippen molar-refractivity contribution >= 4 is 0 Å². The van der Waals surface area contributed by atoms with Crippen molar-refractivity contribution in [3.8, 4) is 11.5 Å². The van der Waals surface area contributed by atoms with E-state index >= 15 is 0 Å². The summed E-state index contributed by atoms with van der Waals surface area (Å²) in [4.78, 5) is 4.03. The molecule has 0 bridgehead atoms. The lowest BCUT2D eigenvalue weighted by Gasteiger charge is -2.10. The van der Waals surface area contributed by atoms with Gasteiger partial charge in [-0.25, -0.2) is 4.98 Å². The van der Waals surface area contributed by atoms with Gasteiger partial charge in [0, 0.05) is 18.9 Å². The van der Waals surface area contributed by atoms with Gasteiger partial charge in [0.15, 0.2) is 11.5 Å². The Bertz CT molecular complexity index is 483. The summed E-state index contributed by atoms with van der Waals surface area (Å²) in [5, 5.41) is 0. The second-order valence-corrected chi connectivity index (χ2v) is 4.71. The molecule has 1 aromatic heterocycles. The highest BCUT2D eigenvalue weighted by Crippen LogP contribution is 2.25. The summed E-state index contributed by atoms with van der Waals surface area (Å²) in [7, 11) is 1.66. The first-order valence-corrected chi connectivity index (χ1v) is 7.11. The lowest BCUT2D eigenvalue weighted by molar-refractivity contribution is 0.284. The predicted octanol–water partition coefficient (Wildman–Crippen LogP) is 3.53. The molecule has 0 N–H and O–H groups in total. The molecular formula is C16H22N2O2. The van der Waals surface area contributed by atoms with Gasteiger partial charge < -0.3 is 14.0 Å². The minimum Gasteiger partial charge on any atom is -0.493 e. The Morgan fingerprint density at radius 3 is 2.60 bits per heavy atom. The summed E-state index contributed by atoms with van der Waals surface area (Å²) in [5.41, 5.74) is 0. The Morgan fingerprint density at radius 1 is 1.05 bits per heavy atom. The van der Waals surface area contributed by atoms with Crippen LogP contribution in [0.2, 0.25) is 0 Å². The molecule has 2 aromatic rings. The molecule has 0 aliphatic carbocycles. The third-order valence-corrected chi connectivity index (χ3v) is 3.20. The van der Waals surface area contributed by atoms with Crippen LogP contribution in [0, 0.1) is 0 Å². The highest BCUT2D eigenvalue weighted by molar-refractivity contribution is 5.39. The average Bonchev–Trinajstić information content (AvgIpc) is 3.00. The predicted molar refractivity (Wildman–Crippen MR) is 79.2 cm³/mol. The maximum absolute atomic E-state index is 5.74. The van der Waals surface area contributed by atoms with Gasteiger partial charge in [-0.3, -0.25) is 0 Å². The van der Waals surface area contributed by atoms with E-state index in [0.29, 0.717) is 0 Å². The van der Waals surface area contributed by atoms with E-state index in [9.17, 15) is 0 Å². The summed E-state index contributed by atoms with van der Waals surface area (Å²) >= 11 is 0. The third kappa shape index (κ3) is 4.61. The SMILES string of the molecule is COc1ccccc1OCCCCCCn1ccnc1. The molecule has 0 spiro atoms. The summed E-state index contributed by atoms with van der Waals surface area (Å²) in [6.45, 7) is 1.79. The van der Waals surface area contributed by atoms with Gasteiger partial charge in [-0.15, -0.1) is 0 Å². The molecule has 20 heavy (non-hydrogen) atoms. The van der Waals surface area contributed by atoms with Crippen LogP contribution in [-0.2, 0) is 6.54 Å². The Kier molecular flexibility index (Phi) is 5.96. The number of rotatable bonds is 9. The second kappa shape index (κ2) is 8.25. The lowest BCUT2D eigenvalue weighted by Crippen LogP contribution is -2.00. The van der Waals surface area contributed by atoms with Gasteiger partial charge in [0.2, 0.25) is 0 Å². The van der Waals surface area contributed by atoms with E-state index < -0.39 is 0 Å². The van der Waals surface area contributed by atoms with Crippen molar-refractivity contribution in [1.82, 2.24) is 9.55 Å². The van der Waals surface area contributed by atoms with Crippen LogP contribution in [0.15, 0.2) is 43.0 Å². The number of methoxy groups -OCH3 is 1. The van der Waals surface area contributed by atoms with Crippen LogP contribution in [0.3, 0.4) is 0 Å². The quantitative estimate of drug-likeness (QED) is 0.656. The van der Waals surface area contributed by atoms with Gasteiger partial charge in [-0.1, -0.05) is 25.0 Å². The topological polar surface area (TPSA) is 36.3 Å². The number of nitrogens with zero attached hydrogens (tertiary/aromatic N) is 2. The number of para-hydroxylation sites is 2. The minimum atomic E-state index is 0.742. The zero-order valence-corrected chi connectivity index (χ0v) is 12.0. The largest absolute Gasteiger partial charge is 0.493 e. The van der Waals surface area contributed by atoms with E-state index in [1.165, 1.54) is 19.3 Å². The molecule has 108 valence electrons. The molecule has 0 saturated heterocycles. The van der Waals surface area contributed by atoms with Crippen molar-refractivity contribution in [2.24, 2.45) is 0 Å². The van der Waals surface area contributed by atoms with Gasteiger partial charge >= 0.3 is 0 Å². The van der Waals surface area contributed by atoms with Crippen molar-refractivity contribution in [3.63, 3.8) is 0 Å². The van der Waals surface area contributed by atoms with E-state index in [1.54, 1.807) is 7.11 Å². The molecule has 0 atom stereocenters. The number of benzene rings is 1. The van der Waals surface area contributed by atoms with Crippen LogP contribution in [0.1, 0.15) is 25.7 Å². The normalized spacial score (nSPS) is 10.4. The molecule has 4 heteroatoms. The Morgan fingerprint density at radius 2 is 1.85 bits per heavy atom. The zero-order chi connectivity index (χ0) is 14.0. The number of aryl methyl sites for hydroxylation is 1. The standard InChI is InChI=1S/C16H22N2O2/c1-19-15-8-4-5-9-16(15)20-13-7-3-2-6-11-18-12-10-17-14-18/h4-5,8-10,12,14H,2-3,6-7,11,13H2,1H3. The number of aromatic nitrogens is 2. The molecule has 0 fully saturated rings. The van der Waals surface area contributed by atoms with Crippen LogP contribution in [-0.4, -0.2) is 23.3 Å². The molecule has 0 radical (unpaired) electrons. The van der Waals surface area contributed by atoms with E-state index in [1.807, 2.05) is 43.0 Å². The van der Waals surface area contributed by atoms with Gasteiger partial charge in [-0.2, -0.15) is 0 Å². The molecule has 0 aliphatic heterocycles. The van der Waals surface area contributed by atoms with Crippen molar-refractivity contribution in [2.75, 3.05) is 13.7 Å². The molecule has 4 nitrogen and oxygen atoms in total. The maximum atomic E-state index is 5.74. The Labute approximate surface area is 120 Å². The van der Waals surface area contributed by atoms with E-state index in [-0.39, 0.29) is 0 Å². The molecule has 0 unspecified atom stereocenters. The Balaban J connectivity index is 1.55. The first kappa shape index (κ1) is 14.4. The van der Waals surface area contributed by atoms with Crippen LogP contribution in [0.25, 0.3) is 0 Å². The van der Waals surface area contributed by atoms with E-state index in [2.05, 4.69) is 9.55 Å². The smallest absolute Gasteiger partial charge is 0.161 e. The molecule has 1 heterocycles. The molecule has 0 amide bonds. The van der Waals surface area contributed by atoms with Gasteiger partial charge in [0.25, 0.3) is 0 Å². The van der Waals surface area contributed by atoms with Gasteiger partial charge in [0.1, 0.15) is 0 Å². The fourth-order valence-electron chi connectivity index (χ4n) is 2.09. The first-order valence-electron chi connectivity index (χ1n) is 7.11. The van der Waals surface area contributed by atoms with Crippen LogP contribution < -0.4 is 9.47 Å². The Hall–Kier alpha value is -1.97. The first-order chi connectivity index (χ1) is 9.90. The monoisotopic (exact) mass is 274 g/mol. The molecule has 2 rings (SSSR count). The summed E-state index contributed by atoms with van der Waals surface area (Å²) in [6.07, 6.45) is 10.3. The van der Waals surface area contributed by atoms with Crippen molar-refractivity contribution < 1.29 is 9.47 Å². The molecule has 1 aromatic carbocycles. The van der Waals surface area contributed by atoms with E-state index in [0.717, 1.165) is 31.1 Å². The van der Waals surface area contributed by atoms with Crippen LogP contribution in [0.4, 0.5) is 0 Å². The van der Waals surface area contributed by atoms with Crippen molar-refractivity contribution in [1.29, 1.82) is 0 Å². The minimum absolute atomic E-state index is 0.742. The number of unbranched alkanes of at least 4 members (excludes halogenated alkanes) is 3. The highest BCUT2D eigenvalue weighted by Gasteiger charge is 2.01. The number of ether oxygens (including phenoxy) is 2. The summed E-state index contributed by atoms with van der Waals surface area (Å²) in [5.74, 6) is 1.63. The van der Waals surface area contributed by atoms with Crippen LogP contribution in [0.5, 0.6) is 11.5 Å². The lowest BCUT2D eigenvalue weighted by atomic mass is 10.2. The van der Waals surface area contributed by atoms with Gasteiger partial charge in [-0.05, 0) is 25.0 Å². The second-order valence-electron chi connectivity index (χ2n) is 4.71. The summed E-state index contributed by atoms with van der Waals surface area (Å²) in [6, 6.07) is 7.77. The fourth-order valence-corrected chi connectivity index (χ4v) is 2.09. The number of imidazole rings is 1. The van der Waals surface area contributed by atoms with Crippen molar-refractivity contribution in [2.45, 2.75) is 32.2 Å². The zero-order valence-electron chi connectivity index (χ0n) is 12.0. The fraction of sp³-hybridized carbons (Fsp3) is 0.438. The summed E-state index contributed by atoms with van der Waals surface area (Å²) < 4.78 is 13.1. The number of hydrogen-bond acceptors (Lipinski definition) is 3. The van der Waals surface area contributed by atoms with Crippen LogP contribution >= 0.6 is 0 Å². The highest BCUT2D eigenvalue weighted by atomic mass is 16.5. The average molecular weight is 274 g/mol. The van der Waals surface area contributed by atoms with E-state index in [4.69, 9.17) is 9.47 Å². The number of hydrogen-bond donors (Lipinski definition) is 0. The maximum Gasteiger partial charge on any atom is 0.161 e. The van der Waals surface area contributed by atoms with Crippen molar-refractivity contribution in [3.05, 3.63) is 43.0 Å². The molecule has 0 aliphatic rings. The van der Waals surface area contributed by atoms with Gasteiger partial charge in [0.05, 0.1) is 20.0 Å². The molecular weight excluding hydrogens is 252 g/mol. The molecule has 0 saturated carbocycles. The third-order valence-electron chi connectivity index (χ3n) is 3.20.